The number of hydrogen-bond donors (Lipinski definition) is 2. The first kappa shape index (κ1) is 40.1. The van der Waals surface area contributed by atoms with E-state index in [1.165, 1.54) is 11.1 Å². The van der Waals surface area contributed by atoms with Gasteiger partial charge in [0, 0.05) is 49.9 Å². The number of carbonyl (C=O) groups is 2. The first-order valence-corrected chi connectivity index (χ1v) is 21.0. The predicted octanol–water partition coefficient (Wildman–Crippen LogP) is 7.97. The van der Waals surface area contributed by atoms with Crippen LogP contribution in [0.5, 0.6) is 5.75 Å². The van der Waals surface area contributed by atoms with Crippen LogP contribution in [0.4, 0.5) is 10.5 Å². The van der Waals surface area contributed by atoms with Crippen LogP contribution in [-0.4, -0.2) is 68.0 Å². The Balaban J connectivity index is 1.60. The van der Waals surface area contributed by atoms with Gasteiger partial charge < -0.3 is 24.4 Å². The lowest BCUT2D eigenvalue weighted by Gasteiger charge is -2.36. The summed E-state index contributed by atoms with van der Waals surface area (Å²) in [5.41, 5.74) is 3.41. The lowest BCUT2D eigenvalue weighted by atomic mass is 9.80. The van der Waals surface area contributed by atoms with E-state index in [0.717, 1.165) is 44.2 Å². The third kappa shape index (κ3) is 10.3. The van der Waals surface area contributed by atoms with Gasteiger partial charge >= 0.3 is 6.03 Å². The molecule has 3 amide bonds. The van der Waals surface area contributed by atoms with Gasteiger partial charge in [-0.15, -0.1) is 4.36 Å². The molecule has 2 aromatic carbocycles. The van der Waals surface area contributed by atoms with Gasteiger partial charge in [0.05, 0.1) is 30.8 Å². The second-order valence-electron chi connectivity index (χ2n) is 14.6. The molecule has 7 atom stereocenters. The molecule has 0 radical (unpaired) electrons. The number of ether oxygens (including phenoxy) is 3. The molecule has 2 heterocycles. The fraction of sp³-hybridized carbons (Fsp3) is 0.600. The maximum Gasteiger partial charge on any atom is 0.327 e. The molecule has 0 saturated heterocycles. The van der Waals surface area contributed by atoms with Gasteiger partial charge in [0.1, 0.15) is 15.7 Å². The number of anilines is 1. The standard InChI is InChI=1S/C40H57ClN4O6S/c1-6-28-11-10-13-37(50-5)34(7-2)27(3)23-45-24-31-14-17-33(41)21-29(31)12-8-9-20-51-38-19-16-30(22-36(38)45)39(46)43-52(48,26-28)44-40(47)42-35-18-15-32(35)25-49-4/h10,13-14,16-17,19,21-22,27-28,32,34-35,37H,6-9,11-12,15,18,20,23-26H2,1-5H3,(H2,42,43,44,46,47,48)/b13-10+/t27-,28-,32-,34+,35+,37-,52?/m0/s1. The van der Waals surface area contributed by atoms with Crippen LogP contribution in [0.15, 0.2) is 52.9 Å². The van der Waals surface area contributed by atoms with Crippen molar-refractivity contribution in [2.45, 2.75) is 90.8 Å². The van der Waals surface area contributed by atoms with Crippen LogP contribution in [0.25, 0.3) is 0 Å². The Bertz CT molecular complexity index is 1690. The molecule has 0 spiro atoms. The van der Waals surface area contributed by atoms with Gasteiger partial charge in [-0.1, -0.05) is 63.4 Å². The number of methoxy groups -OCH3 is 2. The number of allylic oxidation sites excluding steroid dienone is 1. The van der Waals surface area contributed by atoms with E-state index >= 15 is 0 Å². The number of benzene rings is 2. The zero-order chi connectivity index (χ0) is 37.3. The quantitative estimate of drug-likeness (QED) is 0.275. The lowest BCUT2D eigenvalue weighted by Crippen LogP contribution is -2.53. The van der Waals surface area contributed by atoms with Crippen LogP contribution < -0.4 is 19.7 Å². The summed E-state index contributed by atoms with van der Waals surface area (Å²) in [6.07, 6.45) is 10.7. The molecule has 1 unspecified atom stereocenters. The number of halogens is 1. The van der Waals surface area contributed by atoms with Gasteiger partial charge in [0.25, 0.3) is 5.91 Å². The molecule has 12 heteroatoms. The Morgan fingerprint density at radius 3 is 2.63 bits per heavy atom. The Hall–Kier alpha value is -3.12. The first-order chi connectivity index (χ1) is 25.1. The summed E-state index contributed by atoms with van der Waals surface area (Å²) in [5, 5.41) is 3.66. The normalized spacial score (nSPS) is 29.3. The summed E-state index contributed by atoms with van der Waals surface area (Å²) < 4.78 is 39.5. The molecule has 3 aliphatic rings. The predicted molar refractivity (Wildman–Crippen MR) is 208 cm³/mol. The average molecular weight is 757 g/mol. The van der Waals surface area contributed by atoms with Crippen molar-refractivity contribution in [2.24, 2.45) is 28.0 Å². The number of nitrogens with zero attached hydrogens (tertiary/aromatic N) is 2. The van der Waals surface area contributed by atoms with Crippen molar-refractivity contribution in [3.8, 4) is 5.75 Å². The smallest absolute Gasteiger partial charge is 0.327 e. The molecule has 2 N–H and O–H groups in total. The van der Waals surface area contributed by atoms with Crippen LogP contribution in [0.3, 0.4) is 0 Å². The van der Waals surface area contributed by atoms with E-state index in [9.17, 15) is 13.8 Å². The zero-order valence-corrected chi connectivity index (χ0v) is 33.0. The number of rotatable bonds is 7. The molecule has 0 aromatic heterocycles. The van der Waals surface area contributed by atoms with E-state index in [1.54, 1.807) is 20.3 Å². The van der Waals surface area contributed by atoms with E-state index in [2.05, 4.69) is 57.4 Å². The van der Waals surface area contributed by atoms with Crippen LogP contribution >= 0.6 is 11.6 Å². The van der Waals surface area contributed by atoms with Crippen LogP contribution in [0.1, 0.15) is 87.2 Å². The Morgan fingerprint density at radius 2 is 1.92 bits per heavy atom. The number of amides is 3. The fourth-order valence-electron chi connectivity index (χ4n) is 7.77. The largest absolute Gasteiger partial charge is 0.491 e. The third-order valence-electron chi connectivity index (χ3n) is 11.0. The maximum absolute atomic E-state index is 14.7. The molecule has 2 aliphatic heterocycles. The molecule has 52 heavy (non-hydrogen) atoms. The van der Waals surface area contributed by atoms with Crippen LogP contribution in [-0.2, 0) is 32.4 Å². The van der Waals surface area contributed by atoms with Crippen LogP contribution in [0.2, 0.25) is 5.02 Å². The minimum atomic E-state index is -3.53. The summed E-state index contributed by atoms with van der Waals surface area (Å²) in [4.78, 5) is 29.7. The fourth-order valence-corrected chi connectivity index (χ4v) is 9.90. The molecule has 10 nitrogen and oxygen atoms in total. The van der Waals surface area contributed by atoms with Crippen molar-refractivity contribution in [3.63, 3.8) is 0 Å². The summed E-state index contributed by atoms with van der Waals surface area (Å²) in [6.45, 7) is 8.78. The first-order valence-electron chi connectivity index (χ1n) is 18.9. The van der Waals surface area contributed by atoms with Crippen LogP contribution in [0, 0.1) is 23.7 Å². The van der Waals surface area contributed by atoms with E-state index in [1.807, 2.05) is 25.1 Å². The summed E-state index contributed by atoms with van der Waals surface area (Å²) >= 11 is 6.48. The molecule has 1 saturated carbocycles. The van der Waals surface area contributed by atoms with Crippen molar-refractivity contribution < 1.29 is 28.0 Å². The summed E-state index contributed by atoms with van der Waals surface area (Å²) in [5.74, 6) is 0.553. The minimum Gasteiger partial charge on any atom is -0.491 e. The minimum absolute atomic E-state index is 0.0317. The molecule has 2 bridgehead atoms. The zero-order valence-electron chi connectivity index (χ0n) is 31.4. The van der Waals surface area contributed by atoms with Crippen molar-refractivity contribution in [3.05, 3.63) is 70.3 Å². The monoisotopic (exact) mass is 756 g/mol. The van der Waals surface area contributed by atoms with Gasteiger partial charge in [0.15, 0.2) is 0 Å². The molecule has 286 valence electrons. The highest BCUT2D eigenvalue weighted by atomic mass is 35.5. The lowest BCUT2D eigenvalue weighted by molar-refractivity contribution is 0.0639. The van der Waals surface area contributed by atoms with E-state index in [-0.39, 0.29) is 47.1 Å². The van der Waals surface area contributed by atoms with Crippen molar-refractivity contribution in [1.82, 2.24) is 10.0 Å². The number of fused-ring (bicyclic) bond motifs is 2. The summed E-state index contributed by atoms with van der Waals surface area (Å²) in [6, 6.07) is 10.7. The second kappa shape index (κ2) is 18.8. The van der Waals surface area contributed by atoms with Gasteiger partial charge in [0.2, 0.25) is 0 Å². The van der Waals surface area contributed by atoms with Crippen molar-refractivity contribution in [1.29, 1.82) is 0 Å². The Labute approximate surface area is 315 Å². The van der Waals surface area contributed by atoms with Gasteiger partial charge in [-0.3, -0.25) is 9.52 Å². The van der Waals surface area contributed by atoms with E-state index in [0.29, 0.717) is 49.9 Å². The van der Waals surface area contributed by atoms with Gasteiger partial charge in [-0.2, -0.15) is 0 Å². The van der Waals surface area contributed by atoms with Crippen molar-refractivity contribution >= 4 is 39.1 Å². The highest BCUT2D eigenvalue weighted by molar-refractivity contribution is 7.92. The van der Waals surface area contributed by atoms with Gasteiger partial charge in [-0.05, 0) is 97.7 Å². The number of aryl methyl sites for hydroxylation is 1. The number of hydrogen-bond acceptors (Lipinski definition) is 7. The average Bonchev–Trinajstić information content (AvgIpc) is 3.14. The molecular formula is C40H57ClN4O6S. The molecule has 1 aliphatic carbocycles. The molecular weight excluding hydrogens is 700 g/mol. The number of carbonyl (C=O) groups excluding carboxylic acids is 2. The molecule has 5 rings (SSSR count). The van der Waals surface area contributed by atoms with E-state index < -0.39 is 21.9 Å². The SMILES string of the molecule is CC[C@H]1C/C=C/[C@H](OC)[C@H](CC)[C@@H](C)CN2Cc3ccc(Cl)cc3CCCCOc3ccc(cc32)C(=O)N=S(=O)(NC(=O)N[C@@H]2CC[C@H]2COC)C1. The highest BCUT2D eigenvalue weighted by Gasteiger charge is 2.33. The maximum atomic E-state index is 14.7. The van der Waals surface area contributed by atoms with E-state index in [4.69, 9.17) is 25.8 Å². The third-order valence-corrected chi connectivity index (χ3v) is 13.1. The molecule has 2 aromatic rings. The number of nitrogens with one attached hydrogen (secondary N) is 2. The van der Waals surface area contributed by atoms with Crippen molar-refractivity contribution in [2.75, 3.05) is 44.6 Å². The molecule has 1 fully saturated rings. The Kier molecular flexibility index (Phi) is 14.5. The second-order valence-corrected chi connectivity index (χ2v) is 17.1. The van der Waals surface area contributed by atoms with Gasteiger partial charge in [-0.25, -0.2) is 9.00 Å². The number of urea groups is 1. The topological polar surface area (TPSA) is 119 Å². The highest BCUT2D eigenvalue weighted by Crippen LogP contribution is 2.36. The summed E-state index contributed by atoms with van der Waals surface area (Å²) in [7, 11) is -0.134. The Morgan fingerprint density at radius 1 is 1.10 bits per heavy atom.